The first-order chi connectivity index (χ1) is 5.61. The van der Waals surface area contributed by atoms with E-state index in [9.17, 15) is 9.90 Å². The summed E-state index contributed by atoms with van der Waals surface area (Å²) >= 11 is 0. The number of aliphatic carboxylic acids is 1. The molecule has 0 aromatic rings. The molecule has 1 aliphatic carbocycles. The highest BCUT2D eigenvalue weighted by Gasteiger charge is 2.27. The summed E-state index contributed by atoms with van der Waals surface area (Å²) in [5, 5.41) is 17.9. The topological polar surface area (TPSA) is 57.5 Å². The van der Waals surface area contributed by atoms with Gasteiger partial charge in [0.25, 0.3) is 0 Å². The molecule has 0 radical (unpaired) electrons. The zero-order chi connectivity index (χ0) is 9.14. The minimum absolute atomic E-state index is 0.192. The maximum atomic E-state index is 10.6. The third kappa shape index (κ3) is 2.21. The fraction of sp³-hybridized carbons (Fsp3) is 0.889. The molecule has 0 aromatic heterocycles. The Labute approximate surface area is 72.4 Å². The van der Waals surface area contributed by atoms with Gasteiger partial charge in [0.05, 0.1) is 12.0 Å². The molecule has 70 valence electrons. The molecule has 2 N–H and O–H groups in total. The second kappa shape index (κ2) is 3.90. The van der Waals surface area contributed by atoms with E-state index in [1.54, 1.807) is 6.92 Å². The fourth-order valence-electron chi connectivity index (χ4n) is 1.80. The monoisotopic (exact) mass is 172 g/mol. The van der Waals surface area contributed by atoms with E-state index in [1.165, 1.54) is 0 Å². The smallest absolute Gasteiger partial charge is 0.306 e. The van der Waals surface area contributed by atoms with Crippen LogP contribution in [0.15, 0.2) is 0 Å². The molecule has 12 heavy (non-hydrogen) atoms. The van der Waals surface area contributed by atoms with Gasteiger partial charge in [-0.1, -0.05) is 6.92 Å². The van der Waals surface area contributed by atoms with Crippen LogP contribution in [-0.4, -0.2) is 22.3 Å². The normalized spacial score (nSPS) is 32.8. The number of rotatable bonds is 2. The maximum absolute atomic E-state index is 10.6. The quantitative estimate of drug-likeness (QED) is 0.659. The summed E-state index contributed by atoms with van der Waals surface area (Å²) < 4.78 is 0. The minimum Gasteiger partial charge on any atom is -0.481 e. The van der Waals surface area contributed by atoms with E-state index < -0.39 is 5.97 Å². The lowest BCUT2D eigenvalue weighted by Crippen LogP contribution is -2.27. The van der Waals surface area contributed by atoms with Crippen LogP contribution in [0, 0.1) is 11.8 Å². The molecule has 1 rings (SSSR count). The van der Waals surface area contributed by atoms with Gasteiger partial charge in [-0.3, -0.25) is 4.79 Å². The number of carboxylic acids is 1. The molecule has 0 spiro atoms. The summed E-state index contributed by atoms with van der Waals surface area (Å²) in [6, 6.07) is 0. The van der Waals surface area contributed by atoms with Gasteiger partial charge in [-0.25, -0.2) is 0 Å². The van der Waals surface area contributed by atoms with Crippen molar-refractivity contribution in [2.24, 2.45) is 11.8 Å². The van der Waals surface area contributed by atoms with Crippen LogP contribution in [0.1, 0.15) is 32.6 Å². The van der Waals surface area contributed by atoms with Crippen LogP contribution >= 0.6 is 0 Å². The van der Waals surface area contributed by atoms with E-state index in [0.29, 0.717) is 0 Å². The molecule has 0 bridgehead atoms. The zero-order valence-corrected chi connectivity index (χ0v) is 7.36. The van der Waals surface area contributed by atoms with Gasteiger partial charge in [-0.15, -0.1) is 0 Å². The lowest BCUT2D eigenvalue weighted by atomic mass is 9.80. The average Bonchev–Trinajstić information content (AvgIpc) is 2.04. The third-order valence-corrected chi connectivity index (χ3v) is 2.84. The first-order valence-corrected chi connectivity index (χ1v) is 4.52. The zero-order valence-electron chi connectivity index (χ0n) is 7.36. The predicted molar refractivity (Wildman–Crippen MR) is 44.8 cm³/mol. The molecule has 3 heteroatoms. The van der Waals surface area contributed by atoms with Gasteiger partial charge in [0.15, 0.2) is 0 Å². The third-order valence-electron chi connectivity index (χ3n) is 2.84. The molecular weight excluding hydrogens is 156 g/mol. The lowest BCUT2D eigenvalue weighted by Gasteiger charge is -2.27. The van der Waals surface area contributed by atoms with Crippen molar-refractivity contribution in [3.63, 3.8) is 0 Å². The Kier molecular flexibility index (Phi) is 3.09. The summed E-state index contributed by atoms with van der Waals surface area (Å²) in [4.78, 5) is 10.6. The largest absolute Gasteiger partial charge is 0.481 e. The first-order valence-electron chi connectivity index (χ1n) is 4.52. The van der Waals surface area contributed by atoms with Gasteiger partial charge >= 0.3 is 5.97 Å². The molecule has 0 saturated heterocycles. The van der Waals surface area contributed by atoms with Gasteiger partial charge in [-0.05, 0) is 31.6 Å². The summed E-state index contributed by atoms with van der Waals surface area (Å²) in [6.45, 7) is 1.75. The highest BCUT2D eigenvalue weighted by atomic mass is 16.4. The van der Waals surface area contributed by atoms with Crippen LogP contribution in [-0.2, 0) is 4.79 Å². The summed E-state index contributed by atoms with van der Waals surface area (Å²) in [7, 11) is 0. The van der Waals surface area contributed by atoms with Crippen LogP contribution in [0.3, 0.4) is 0 Å². The second-order valence-corrected chi connectivity index (χ2v) is 3.70. The summed E-state index contributed by atoms with van der Waals surface area (Å²) in [5.74, 6) is -0.695. The number of carboxylic acid groups (broad SMARTS) is 1. The van der Waals surface area contributed by atoms with Crippen molar-refractivity contribution in [2.75, 3.05) is 0 Å². The van der Waals surface area contributed by atoms with Gasteiger partial charge in [0, 0.05) is 0 Å². The molecule has 1 atom stereocenters. The summed E-state index contributed by atoms with van der Waals surface area (Å²) in [6.07, 6.45) is 3.05. The molecule has 1 saturated carbocycles. The Morgan fingerprint density at radius 2 is 1.83 bits per heavy atom. The van der Waals surface area contributed by atoms with E-state index >= 15 is 0 Å². The highest BCUT2D eigenvalue weighted by molar-refractivity contribution is 5.69. The predicted octanol–water partition coefficient (Wildman–Crippen LogP) is 1.26. The molecule has 0 aliphatic heterocycles. The van der Waals surface area contributed by atoms with Crippen molar-refractivity contribution in [2.45, 2.75) is 38.7 Å². The Morgan fingerprint density at radius 1 is 1.33 bits per heavy atom. The van der Waals surface area contributed by atoms with Crippen molar-refractivity contribution in [1.29, 1.82) is 0 Å². The maximum Gasteiger partial charge on any atom is 0.306 e. The second-order valence-electron chi connectivity index (χ2n) is 3.70. The molecular formula is C9H16O3. The molecule has 1 aliphatic rings. The molecule has 3 nitrogen and oxygen atoms in total. The minimum atomic E-state index is -0.712. The first kappa shape index (κ1) is 9.52. The van der Waals surface area contributed by atoms with Gasteiger partial charge in [-0.2, -0.15) is 0 Å². The Morgan fingerprint density at radius 3 is 2.25 bits per heavy atom. The van der Waals surface area contributed by atoms with E-state index in [4.69, 9.17) is 5.11 Å². The van der Waals surface area contributed by atoms with Crippen LogP contribution in [0.25, 0.3) is 0 Å². The van der Waals surface area contributed by atoms with Crippen LogP contribution in [0.2, 0.25) is 0 Å². The number of hydrogen-bond acceptors (Lipinski definition) is 2. The van der Waals surface area contributed by atoms with E-state index in [-0.39, 0.29) is 17.9 Å². The van der Waals surface area contributed by atoms with E-state index in [1.807, 2.05) is 0 Å². The number of carbonyl (C=O) groups is 1. The van der Waals surface area contributed by atoms with E-state index in [2.05, 4.69) is 0 Å². The van der Waals surface area contributed by atoms with Crippen molar-refractivity contribution in [3.8, 4) is 0 Å². The van der Waals surface area contributed by atoms with Crippen molar-refractivity contribution < 1.29 is 15.0 Å². The van der Waals surface area contributed by atoms with Crippen LogP contribution in [0.4, 0.5) is 0 Å². The van der Waals surface area contributed by atoms with Gasteiger partial charge in [0.1, 0.15) is 0 Å². The molecule has 0 heterocycles. The fourth-order valence-corrected chi connectivity index (χ4v) is 1.80. The molecule has 0 amide bonds. The SMILES string of the molecule is CC(C(=O)O)[C@H]1CC[C@@H](O)CC1. The standard InChI is InChI=1S/C9H16O3/c1-6(9(11)12)7-2-4-8(10)5-3-7/h6-8,10H,2-5H2,1H3,(H,11,12)/t6?,7-,8+. The summed E-state index contributed by atoms with van der Waals surface area (Å²) in [5.41, 5.74) is 0. The van der Waals surface area contributed by atoms with Crippen molar-refractivity contribution in [3.05, 3.63) is 0 Å². The van der Waals surface area contributed by atoms with Gasteiger partial charge < -0.3 is 10.2 Å². The lowest BCUT2D eigenvalue weighted by molar-refractivity contribution is -0.143. The number of hydrogen-bond donors (Lipinski definition) is 2. The van der Waals surface area contributed by atoms with Crippen LogP contribution < -0.4 is 0 Å². The Bertz CT molecular complexity index is 159. The van der Waals surface area contributed by atoms with Gasteiger partial charge in [0.2, 0.25) is 0 Å². The Hall–Kier alpha value is -0.570. The number of aliphatic hydroxyl groups excluding tert-OH is 1. The van der Waals surface area contributed by atoms with Crippen molar-refractivity contribution in [1.82, 2.24) is 0 Å². The van der Waals surface area contributed by atoms with E-state index in [0.717, 1.165) is 25.7 Å². The highest BCUT2D eigenvalue weighted by Crippen LogP contribution is 2.30. The number of aliphatic hydroxyl groups is 1. The molecule has 0 aromatic carbocycles. The van der Waals surface area contributed by atoms with Crippen molar-refractivity contribution >= 4 is 5.97 Å². The molecule has 1 fully saturated rings. The Balaban J connectivity index is 2.39. The average molecular weight is 172 g/mol. The van der Waals surface area contributed by atoms with Crippen LogP contribution in [0.5, 0.6) is 0 Å². The molecule has 1 unspecified atom stereocenters.